The first-order chi connectivity index (χ1) is 13.5. The molecule has 28 heavy (non-hydrogen) atoms. The number of aromatic nitrogens is 2. The van der Waals surface area contributed by atoms with E-state index in [9.17, 15) is 14.7 Å². The van der Waals surface area contributed by atoms with Crippen LogP contribution in [0.15, 0.2) is 53.5 Å². The number of β-amino-alcohol motifs (C(OH)–C–C–N with tert-alkyl or cyclic N) is 1. The van der Waals surface area contributed by atoms with Gasteiger partial charge >= 0.3 is 0 Å². The van der Waals surface area contributed by atoms with E-state index >= 15 is 0 Å². The van der Waals surface area contributed by atoms with Gasteiger partial charge in [0.15, 0.2) is 0 Å². The molecule has 1 aliphatic heterocycles. The molecule has 0 spiro atoms. The quantitative estimate of drug-likeness (QED) is 0.732. The van der Waals surface area contributed by atoms with Gasteiger partial charge < -0.3 is 15.0 Å². The molecule has 1 saturated heterocycles. The Kier molecular flexibility index (Phi) is 4.96. The van der Waals surface area contributed by atoms with Gasteiger partial charge in [0.1, 0.15) is 5.82 Å². The van der Waals surface area contributed by atoms with Crippen molar-refractivity contribution in [2.24, 2.45) is 0 Å². The van der Waals surface area contributed by atoms with E-state index in [1.165, 1.54) is 11.6 Å². The van der Waals surface area contributed by atoms with Crippen LogP contribution in [0.25, 0.3) is 10.8 Å². The predicted molar refractivity (Wildman–Crippen MR) is 107 cm³/mol. The number of amides is 1. The van der Waals surface area contributed by atoms with Crippen LogP contribution in [0.4, 0.5) is 0 Å². The Labute approximate surface area is 162 Å². The average molecular weight is 377 g/mol. The number of hydrogen-bond acceptors (Lipinski definition) is 4. The Bertz CT molecular complexity index is 1080. The van der Waals surface area contributed by atoms with E-state index in [1.807, 2.05) is 12.1 Å². The van der Waals surface area contributed by atoms with Crippen molar-refractivity contribution in [3.8, 4) is 0 Å². The van der Waals surface area contributed by atoms with Crippen LogP contribution in [0, 0.1) is 6.92 Å². The zero-order valence-electron chi connectivity index (χ0n) is 15.8. The second-order valence-electron chi connectivity index (χ2n) is 7.41. The molecule has 2 aromatic carbocycles. The number of fused-ring (bicyclic) bond motifs is 1. The Morgan fingerprint density at radius 1 is 1.25 bits per heavy atom. The number of aryl methyl sites for hydroxylation is 1. The summed E-state index contributed by atoms with van der Waals surface area (Å²) in [4.78, 5) is 32.9. The number of aliphatic hydroxyl groups excluding tert-OH is 1. The minimum atomic E-state index is -0.631. The highest BCUT2D eigenvalue weighted by molar-refractivity contribution is 5.83. The van der Waals surface area contributed by atoms with Gasteiger partial charge in [0.05, 0.1) is 12.5 Å². The van der Waals surface area contributed by atoms with Gasteiger partial charge in [-0.05, 0) is 29.7 Å². The first-order valence-corrected chi connectivity index (χ1v) is 9.50. The van der Waals surface area contributed by atoms with Crippen LogP contribution >= 0.6 is 0 Å². The first kappa shape index (κ1) is 18.4. The number of rotatable bonds is 3. The van der Waals surface area contributed by atoms with Gasteiger partial charge in [-0.2, -0.15) is 0 Å². The number of piperidine rings is 1. The number of nitrogens with zero attached hydrogens (tertiary/aromatic N) is 2. The summed E-state index contributed by atoms with van der Waals surface area (Å²) < 4.78 is 0. The molecule has 2 heterocycles. The van der Waals surface area contributed by atoms with Crippen molar-refractivity contribution in [1.82, 2.24) is 14.9 Å². The fraction of sp³-hybridized carbons (Fsp3) is 0.318. The molecule has 2 N–H and O–H groups in total. The summed E-state index contributed by atoms with van der Waals surface area (Å²) in [6, 6.07) is 14.4. The molecule has 144 valence electrons. The highest BCUT2D eigenvalue weighted by Gasteiger charge is 2.31. The molecule has 0 bridgehead atoms. The van der Waals surface area contributed by atoms with E-state index in [4.69, 9.17) is 0 Å². The maximum absolute atomic E-state index is 12.6. The lowest BCUT2D eigenvalue weighted by Crippen LogP contribution is -2.46. The molecule has 6 heteroatoms. The first-order valence-electron chi connectivity index (χ1n) is 9.50. The number of carbonyl (C=O) groups excluding carboxylic acids is 1. The summed E-state index contributed by atoms with van der Waals surface area (Å²) in [6.45, 7) is 2.53. The summed E-state index contributed by atoms with van der Waals surface area (Å²) >= 11 is 0. The van der Waals surface area contributed by atoms with E-state index in [0.29, 0.717) is 24.4 Å². The maximum atomic E-state index is 12.6. The van der Waals surface area contributed by atoms with Crippen LogP contribution in [-0.4, -0.2) is 45.1 Å². The number of nitrogens with one attached hydrogen (secondary N) is 1. The molecule has 1 aliphatic rings. The van der Waals surface area contributed by atoms with E-state index < -0.39 is 6.10 Å². The van der Waals surface area contributed by atoms with Crippen molar-refractivity contribution in [3.05, 3.63) is 76.0 Å². The third-order valence-corrected chi connectivity index (χ3v) is 5.48. The fourth-order valence-corrected chi connectivity index (χ4v) is 3.90. The molecule has 1 fully saturated rings. The monoisotopic (exact) mass is 377 g/mol. The number of hydrogen-bond donors (Lipinski definition) is 2. The Balaban J connectivity index is 1.45. The van der Waals surface area contributed by atoms with Crippen LogP contribution < -0.4 is 5.56 Å². The summed E-state index contributed by atoms with van der Waals surface area (Å²) in [5.41, 5.74) is 1.16. The number of aliphatic hydroxyl groups is 1. The molecular weight excluding hydrogens is 354 g/mol. The van der Waals surface area contributed by atoms with Gasteiger partial charge in [-0.3, -0.25) is 9.59 Å². The van der Waals surface area contributed by atoms with Crippen LogP contribution in [0.3, 0.4) is 0 Å². The Morgan fingerprint density at radius 3 is 2.79 bits per heavy atom. The van der Waals surface area contributed by atoms with E-state index in [1.54, 1.807) is 11.8 Å². The van der Waals surface area contributed by atoms with Crippen LogP contribution in [-0.2, 0) is 11.2 Å². The minimum Gasteiger partial charge on any atom is -0.391 e. The van der Waals surface area contributed by atoms with Crippen LogP contribution in [0.1, 0.15) is 29.3 Å². The molecule has 0 aliphatic carbocycles. The summed E-state index contributed by atoms with van der Waals surface area (Å²) in [5, 5.41) is 13.0. The van der Waals surface area contributed by atoms with Crippen LogP contribution in [0.5, 0.6) is 0 Å². The summed E-state index contributed by atoms with van der Waals surface area (Å²) in [7, 11) is 0. The molecule has 1 aromatic heterocycles. The smallest absolute Gasteiger partial charge is 0.254 e. The zero-order valence-corrected chi connectivity index (χ0v) is 15.8. The highest BCUT2D eigenvalue weighted by Crippen LogP contribution is 2.30. The largest absolute Gasteiger partial charge is 0.391 e. The topological polar surface area (TPSA) is 86.3 Å². The van der Waals surface area contributed by atoms with E-state index in [-0.39, 0.29) is 30.3 Å². The average Bonchev–Trinajstić information content (AvgIpc) is 2.69. The number of aromatic amines is 1. The Hall–Kier alpha value is -2.99. The molecule has 0 unspecified atom stereocenters. The van der Waals surface area contributed by atoms with Crippen LogP contribution in [0.2, 0.25) is 0 Å². The summed E-state index contributed by atoms with van der Waals surface area (Å²) in [6.07, 6.45) is 1.50. The van der Waals surface area contributed by atoms with Crippen molar-refractivity contribution in [2.75, 3.05) is 13.1 Å². The fourth-order valence-electron chi connectivity index (χ4n) is 3.90. The normalized spacial score (nSPS) is 19.7. The molecule has 0 saturated carbocycles. The zero-order chi connectivity index (χ0) is 19.7. The third kappa shape index (κ3) is 3.68. The SMILES string of the molecule is Cc1ncc(CC(=O)N2CC[C@H](c3ccc4ccccc4c3)[C@@H](O)C2)c(=O)[nH]1. The second kappa shape index (κ2) is 7.56. The third-order valence-electron chi connectivity index (χ3n) is 5.48. The van der Waals surface area contributed by atoms with Crippen molar-refractivity contribution >= 4 is 16.7 Å². The molecule has 0 radical (unpaired) electrons. The molecular formula is C22H23N3O3. The van der Waals surface area contributed by atoms with Crippen molar-refractivity contribution in [1.29, 1.82) is 0 Å². The number of H-pyrrole nitrogens is 1. The van der Waals surface area contributed by atoms with Gasteiger partial charge in [0.25, 0.3) is 5.56 Å². The Morgan fingerprint density at radius 2 is 2.04 bits per heavy atom. The van der Waals surface area contributed by atoms with Gasteiger partial charge in [-0.15, -0.1) is 0 Å². The van der Waals surface area contributed by atoms with Crippen molar-refractivity contribution in [3.63, 3.8) is 0 Å². The lowest BCUT2D eigenvalue weighted by atomic mass is 9.86. The molecule has 4 rings (SSSR count). The van der Waals surface area contributed by atoms with Crippen molar-refractivity contribution in [2.45, 2.75) is 31.8 Å². The van der Waals surface area contributed by atoms with Gasteiger partial charge in [0.2, 0.25) is 5.91 Å². The molecule has 1 amide bonds. The van der Waals surface area contributed by atoms with Crippen molar-refractivity contribution < 1.29 is 9.90 Å². The van der Waals surface area contributed by atoms with E-state index in [0.717, 1.165) is 10.9 Å². The predicted octanol–water partition coefficient (Wildman–Crippen LogP) is 2.15. The van der Waals surface area contributed by atoms with Gasteiger partial charge in [-0.1, -0.05) is 42.5 Å². The molecule has 3 aromatic rings. The standard InChI is InChI=1S/C22H23N3O3/c1-14-23-12-18(22(28)24-14)11-21(27)25-9-8-19(20(26)13-25)17-7-6-15-4-2-3-5-16(15)10-17/h2-7,10,12,19-20,26H,8-9,11,13H2,1H3,(H,23,24,28)/t19-,20+/m1/s1. The molecule has 2 atom stereocenters. The van der Waals surface area contributed by atoms with Gasteiger partial charge in [0, 0.05) is 30.8 Å². The maximum Gasteiger partial charge on any atom is 0.254 e. The summed E-state index contributed by atoms with van der Waals surface area (Å²) in [5.74, 6) is 0.359. The number of carbonyl (C=O) groups is 1. The number of benzene rings is 2. The number of likely N-dealkylation sites (tertiary alicyclic amines) is 1. The minimum absolute atomic E-state index is 0.00176. The van der Waals surface area contributed by atoms with Gasteiger partial charge in [-0.25, -0.2) is 4.98 Å². The highest BCUT2D eigenvalue weighted by atomic mass is 16.3. The lowest BCUT2D eigenvalue weighted by Gasteiger charge is -2.36. The lowest BCUT2D eigenvalue weighted by molar-refractivity contribution is -0.134. The van der Waals surface area contributed by atoms with E-state index in [2.05, 4.69) is 40.3 Å². The second-order valence-corrected chi connectivity index (χ2v) is 7.41. The molecule has 6 nitrogen and oxygen atoms in total.